The van der Waals surface area contributed by atoms with Gasteiger partial charge in [0, 0.05) is 30.9 Å². The van der Waals surface area contributed by atoms with Crippen molar-refractivity contribution in [3.8, 4) is 17.3 Å². The van der Waals surface area contributed by atoms with Crippen molar-refractivity contribution >= 4 is 16.7 Å². The lowest BCUT2D eigenvalue weighted by Gasteiger charge is -2.26. The van der Waals surface area contributed by atoms with Gasteiger partial charge in [-0.3, -0.25) is 9.13 Å². The highest BCUT2D eigenvalue weighted by Gasteiger charge is 2.26. The molecule has 1 aliphatic carbocycles. The molecule has 1 saturated carbocycles. The molecule has 1 aliphatic rings. The van der Waals surface area contributed by atoms with Gasteiger partial charge >= 0.3 is 5.69 Å². The molecule has 1 fully saturated rings. The highest BCUT2D eigenvalue weighted by molar-refractivity contribution is 5.83. The predicted octanol–water partition coefficient (Wildman–Crippen LogP) is 2.08. The Hall–Kier alpha value is -3.48. The van der Waals surface area contributed by atoms with E-state index in [1.807, 2.05) is 23.7 Å². The standard InChI is InChI=1S/C23H25N7O2/c1-25-9-11-28-20-7-6-19(18-14-26-29-10-8-15(13-24)12-21(18)29)27-22(20)30(23(28)32)16-2-4-17(31)5-3-16/h6-8,10,12,14,16-17,25,31H,2-5,9,11H2,1H3. The number of hydrogen-bond acceptors (Lipinski definition) is 6. The second kappa shape index (κ2) is 8.22. The molecule has 0 bridgehead atoms. The van der Waals surface area contributed by atoms with E-state index < -0.39 is 0 Å². The van der Waals surface area contributed by atoms with E-state index in [4.69, 9.17) is 4.98 Å². The second-order valence-corrected chi connectivity index (χ2v) is 8.32. The number of likely N-dealkylation sites (N-methyl/N-ethyl adjacent to an activating group) is 1. The van der Waals surface area contributed by atoms with Crippen molar-refractivity contribution in [1.82, 2.24) is 29.0 Å². The van der Waals surface area contributed by atoms with Crippen LogP contribution in [0.4, 0.5) is 0 Å². The molecule has 0 aliphatic heterocycles. The van der Waals surface area contributed by atoms with Crippen LogP contribution in [-0.2, 0) is 6.54 Å². The Balaban J connectivity index is 1.68. The van der Waals surface area contributed by atoms with Crippen LogP contribution in [-0.4, -0.2) is 48.5 Å². The van der Waals surface area contributed by atoms with Crippen LogP contribution in [0, 0.1) is 11.3 Å². The lowest BCUT2D eigenvalue weighted by Crippen LogP contribution is -2.32. The van der Waals surface area contributed by atoms with Gasteiger partial charge in [-0.2, -0.15) is 10.4 Å². The summed E-state index contributed by atoms with van der Waals surface area (Å²) in [5.41, 5.74) is 4.25. The minimum absolute atomic E-state index is 0.0149. The number of nitrogens with one attached hydrogen (secondary N) is 1. The fraction of sp³-hybridized carbons (Fsp3) is 0.391. The summed E-state index contributed by atoms with van der Waals surface area (Å²) in [6, 6.07) is 9.55. The zero-order valence-electron chi connectivity index (χ0n) is 17.9. The number of aromatic nitrogens is 5. The van der Waals surface area contributed by atoms with Crippen molar-refractivity contribution in [2.24, 2.45) is 0 Å². The number of hydrogen-bond donors (Lipinski definition) is 2. The maximum Gasteiger partial charge on any atom is 0.330 e. The molecule has 0 unspecified atom stereocenters. The molecule has 0 amide bonds. The predicted molar refractivity (Wildman–Crippen MR) is 120 cm³/mol. The fourth-order valence-electron chi connectivity index (χ4n) is 4.64. The fourth-order valence-corrected chi connectivity index (χ4v) is 4.64. The molecule has 0 atom stereocenters. The molecule has 32 heavy (non-hydrogen) atoms. The molecule has 9 nitrogen and oxygen atoms in total. The molecule has 5 rings (SSSR count). The monoisotopic (exact) mass is 431 g/mol. The zero-order chi connectivity index (χ0) is 22.2. The minimum atomic E-state index is -0.295. The number of fused-ring (bicyclic) bond motifs is 2. The van der Waals surface area contributed by atoms with Crippen molar-refractivity contribution in [2.75, 3.05) is 13.6 Å². The molecule has 4 aromatic heterocycles. The van der Waals surface area contributed by atoms with Gasteiger partial charge in [0.05, 0.1) is 40.7 Å². The number of pyridine rings is 2. The summed E-state index contributed by atoms with van der Waals surface area (Å²) in [6.07, 6.45) is 6.07. The Kier molecular flexibility index (Phi) is 5.25. The number of nitriles is 1. The third-order valence-corrected chi connectivity index (χ3v) is 6.35. The van der Waals surface area contributed by atoms with Gasteiger partial charge in [0.1, 0.15) is 0 Å². The Labute approximate surface area is 184 Å². The maximum atomic E-state index is 13.4. The van der Waals surface area contributed by atoms with Gasteiger partial charge in [-0.05, 0) is 57.0 Å². The van der Waals surface area contributed by atoms with E-state index in [0.29, 0.717) is 42.8 Å². The van der Waals surface area contributed by atoms with Crippen molar-refractivity contribution in [3.63, 3.8) is 0 Å². The highest BCUT2D eigenvalue weighted by atomic mass is 16.3. The van der Waals surface area contributed by atoms with Crippen molar-refractivity contribution < 1.29 is 5.11 Å². The molecule has 164 valence electrons. The van der Waals surface area contributed by atoms with Crippen LogP contribution in [0.3, 0.4) is 0 Å². The first-order valence-electron chi connectivity index (χ1n) is 10.9. The zero-order valence-corrected chi connectivity index (χ0v) is 17.9. The Morgan fingerprint density at radius 2 is 2.03 bits per heavy atom. The molecule has 0 aromatic carbocycles. The van der Waals surface area contributed by atoms with Crippen LogP contribution in [0.1, 0.15) is 37.3 Å². The van der Waals surface area contributed by atoms with E-state index in [2.05, 4.69) is 16.5 Å². The maximum absolute atomic E-state index is 13.4. The Morgan fingerprint density at radius 1 is 1.22 bits per heavy atom. The highest BCUT2D eigenvalue weighted by Crippen LogP contribution is 2.31. The number of aliphatic hydroxyl groups excluding tert-OH is 1. The van der Waals surface area contributed by atoms with Crippen LogP contribution < -0.4 is 11.0 Å². The summed E-state index contributed by atoms with van der Waals surface area (Å²) in [5.74, 6) is 0. The average Bonchev–Trinajstić information content (AvgIpc) is 3.35. The van der Waals surface area contributed by atoms with E-state index in [1.165, 1.54) is 0 Å². The molecule has 9 heteroatoms. The van der Waals surface area contributed by atoms with Gasteiger partial charge in [0.25, 0.3) is 0 Å². The van der Waals surface area contributed by atoms with Gasteiger partial charge in [-0.1, -0.05) is 0 Å². The average molecular weight is 432 g/mol. The van der Waals surface area contributed by atoms with Gasteiger partial charge in [-0.25, -0.2) is 14.3 Å². The summed E-state index contributed by atoms with van der Waals surface area (Å²) in [7, 11) is 1.86. The quantitative estimate of drug-likeness (QED) is 0.500. The summed E-state index contributed by atoms with van der Waals surface area (Å²) >= 11 is 0. The number of rotatable bonds is 5. The molecule has 0 spiro atoms. The summed E-state index contributed by atoms with van der Waals surface area (Å²) in [5, 5.41) is 26.7. The SMILES string of the molecule is CNCCn1c(=O)n(C2CCC(O)CC2)c2nc(-c3cnn4ccc(C#N)cc34)ccc21. The molecule has 4 heterocycles. The lowest BCUT2D eigenvalue weighted by molar-refractivity contribution is 0.110. The first-order chi connectivity index (χ1) is 15.6. The second-order valence-electron chi connectivity index (χ2n) is 8.32. The molecular formula is C23H25N7O2. The molecule has 4 aromatic rings. The normalized spacial score (nSPS) is 18.9. The van der Waals surface area contributed by atoms with Crippen LogP contribution >= 0.6 is 0 Å². The number of aliphatic hydroxyl groups is 1. The molecular weight excluding hydrogens is 406 g/mol. The van der Waals surface area contributed by atoms with E-state index in [-0.39, 0.29) is 17.8 Å². The van der Waals surface area contributed by atoms with Crippen LogP contribution in [0.5, 0.6) is 0 Å². The Morgan fingerprint density at radius 3 is 2.78 bits per heavy atom. The largest absolute Gasteiger partial charge is 0.393 e. The van der Waals surface area contributed by atoms with Crippen LogP contribution in [0.25, 0.3) is 27.9 Å². The summed E-state index contributed by atoms with van der Waals surface area (Å²) < 4.78 is 5.31. The van der Waals surface area contributed by atoms with Gasteiger partial charge < -0.3 is 10.4 Å². The lowest BCUT2D eigenvalue weighted by atomic mass is 9.93. The van der Waals surface area contributed by atoms with Gasteiger partial charge in [-0.15, -0.1) is 0 Å². The van der Waals surface area contributed by atoms with Crippen molar-refractivity contribution in [1.29, 1.82) is 5.26 Å². The summed E-state index contributed by atoms with van der Waals surface area (Å²) in [4.78, 5) is 18.3. The van der Waals surface area contributed by atoms with Gasteiger partial charge in [0.2, 0.25) is 0 Å². The van der Waals surface area contributed by atoms with E-state index >= 15 is 0 Å². The van der Waals surface area contributed by atoms with Crippen molar-refractivity contribution in [2.45, 2.75) is 44.4 Å². The molecule has 0 saturated heterocycles. The summed E-state index contributed by atoms with van der Waals surface area (Å²) in [6.45, 7) is 1.23. The third-order valence-electron chi connectivity index (χ3n) is 6.35. The minimum Gasteiger partial charge on any atom is -0.393 e. The van der Waals surface area contributed by atoms with Crippen LogP contribution in [0.15, 0.2) is 41.5 Å². The number of imidazole rings is 1. The molecule has 0 radical (unpaired) electrons. The van der Waals surface area contributed by atoms with Crippen molar-refractivity contribution in [3.05, 3.63) is 52.7 Å². The number of nitrogens with zero attached hydrogens (tertiary/aromatic N) is 6. The van der Waals surface area contributed by atoms with E-state index in [1.54, 1.807) is 33.6 Å². The topological polar surface area (TPSA) is 113 Å². The first-order valence-corrected chi connectivity index (χ1v) is 10.9. The smallest absolute Gasteiger partial charge is 0.330 e. The van der Waals surface area contributed by atoms with Gasteiger partial charge in [0.15, 0.2) is 5.65 Å². The third kappa shape index (κ3) is 3.38. The Bertz CT molecular complexity index is 1380. The molecule has 2 N–H and O–H groups in total. The van der Waals surface area contributed by atoms with E-state index in [0.717, 1.165) is 29.4 Å². The first kappa shape index (κ1) is 20.4. The van der Waals surface area contributed by atoms with E-state index in [9.17, 15) is 15.2 Å². The van der Waals surface area contributed by atoms with Crippen LogP contribution in [0.2, 0.25) is 0 Å².